The Morgan fingerprint density at radius 2 is 2.00 bits per heavy atom. The molecule has 2 nitrogen and oxygen atoms in total. The van der Waals surface area contributed by atoms with Crippen molar-refractivity contribution in [2.45, 2.75) is 51.7 Å². The van der Waals surface area contributed by atoms with Gasteiger partial charge >= 0.3 is 0 Å². The first kappa shape index (κ1) is 14.2. The fourth-order valence-electron chi connectivity index (χ4n) is 3.25. The van der Waals surface area contributed by atoms with Crippen LogP contribution in [-0.2, 0) is 6.67 Å². The Bertz CT molecular complexity index is 623. The zero-order valence-electron chi connectivity index (χ0n) is 12.0. The van der Waals surface area contributed by atoms with Crippen LogP contribution in [0, 0.1) is 3.95 Å². The van der Waals surface area contributed by atoms with Crippen LogP contribution < -0.4 is 0 Å². The van der Waals surface area contributed by atoms with Gasteiger partial charge in [-0.1, -0.05) is 38.3 Å². The molecule has 0 saturated heterocycles. The molecule has 1 heterocycles. The Balaban J connectivity index is 1.87. The SMILES string of the molecule is CCN(Cn1c(=S)sc2ccccc21)C1CCCCC1. The van der Waals surface area contributed by atoms with Gasteiger partial charge < -0.3 is 4.57 Å². The van der Waals surface area contributed by atoms with Gasteiger partial charge in [0.05, 0.1) is 16.9 Å². The second-order valence-electron chi connectivity index (χ2n) is 5.60. The van der Waals surface area contributed by atoms with Crippen molar-refractivity contribution >= 4 is 33.8 Å². The minimum absolute atomic E-state index is 0.745. The number of nitrogens with zero attached hydrogens (tertiary/aromatic N) is 2. The molecule has 1 aliphatic carbocycles. The lowest BCUT2D eigenvalue weighted by molar-refractivity contribution is 0.128. The Labute approximate surface area is 130 Å². The predicted octanol–water partition coefficient (Wildman–Crippen LogP) is 5.04. The van der Waals surface area contributed by atoms with Crippen molar-refractivity contribution in [3.8, 4) is 0 Å². The average Bonchev–Trinajstić information content (AvgIpc) is 2.81. The standard InChI is InChI=1S/C16H22N2S2/c1-2-17(13-8-4-3-5-9-13)12-18-14-10-6-7-11-15(14)20-16(18)19/h6-7,10-11,13H,2-5,8-9,12H2,1H3. The van der Waals surface area contributed by atoms with Crippen LogP contribution in [0.1, 0.15) is 39.0 Å². The minimum Gasteiger partial charge on any atom is -0.309 e. The number of aromatic nitrogens is 1. The van der Waals surface area contributed by atoms with Crippen LogP contribution in [0.3, 0.4) is 0 Å². The summed E-state index contributed by atoms with van der Waals surface area (Å²) in [6, 6.07) is 9.31. The normalized spacial score (nSPS) is 17.1. The van der Waals surface area contributed by atoms with E-state index in [9.17, 15) is 0 Å². The maximum atomic E-state index is 5.58. The summed E-state index contributed by atoms with van der Waals surface area (Å²) < 4.78 is 4.62. The number of hydrogen-bond acceptors (Lipinski definition) is 3. The van der Waals surface area contributed by atoms with Crippen LogP contribution in [-0.4, -0.2) is 22.1 Å². The zero-order valence-corrected chi connectivity index (χ0v) is 13.7. The second-order valence-corrected chi connectivity index (χ2v) is 7.28. The van der Waals surface area contributed by atoms with E-state index in [0.29, 0.717) is 0 Å². The van der Waals surface area contributed by atoms with Crippen molar-refractivity contribution in [2.24, 2.45) is 0 Å². The highest BCUT2D eigenvalue weighted by Crippen LogP contribution is 2.26. The van der Waals surface area contributed by atoms with Crippen LogP contribution in [0.2, 0.25) is 0 Å². The van der Waals surface area contributed by atoms with E-state index in [1.807, 2.05) is 0 Å². The van der Waals surface area contributed by atoms with Gasteiger partial charge in [-0.25, -0.2) is 0 Å². The maximum absolute atomic E-state index is 5.58. The van der Waals surface area contributed by atoms with Crippen LogP contribution in [0.4, 0.5) is 0 Å². The quantitative estimate of drug-likeness (QED) is 0.731. The van der Waals surface area contributed by atoms with E-state index in [1.165, 1.54) is 42.3 Å². The van der Waals surface area contributed by atoms with E-state index in [4.69, 9.17) is 12.2 Å². The summed E-state index contributed by atoms with van der Waals surface area (Å²) >= 11 is 7.30. The third-order valence-corrected chi connectivity index (χ3v) is 5.82. The molecule has 0 bridgehead atoms. The first-order valence-electron chi connectivity index (χ1n) is 7.62. The molecule has 0 radical (unpaired) electrons. The molecule has 0 N–H and O–H groups in total. The van der Waals surface area contributed by atoms with Crippen molar-refractivity contribution in [3.05, 3.63) is 28.2 Å². The molecule has 0 unspecified atom stereocenters. The maximum Gasteiger partial charge on any atom is 0.163 e. The van der Waals surface area contributed by atoms with Crippen molar-refractivity contribution in [1.29, 1.82) is 0 Å². The summed E-state index contributed by atoms with van der Waals surface area (Å²) in [4.78, 5) is 2.61. The van der Waals surface area contributed by atoms with E-state index < -0.39 is 0 Å². The van der Waals surface area contributed by atoms with Gasteiger partial charge in [0.15, 0.2) is 3.95 Å². The van der Waals surface area contributed by atoms with Gasteiger partial charge in [0.1, 0.15) is 0 Å². The van der Waals surface area contributed by atoms with Gasteiger partial charge in [-0.3, -0.25) is 4.90 Å². The highest BCUT2D eigenvalue weighted by Gasteiger charge is 2.20. The van der Waals surface area contributed by atoms with Crippen LogP contribution >= 0.6 is 23.6 Å². The zero-order chi connectivity index (χ0) is 13.9. The van der Waals surface area contributed by atoms with Crippen LogP contribution in [0.25, 0.3) is 10.2 Å². The molecule has 4 heteroatoms. The molecule has 3 rings (SSSR count). The number of para-hydroxylation sites is 1. The van der Waals surface area contributed by atoms with Gasteiger partial charge in [0.2, 0.25) is 0 Å². The molecular weight excluding hydrogens is 284 g/mol. The highest BCUT2D eigenvalue weighted by molar-refractivity contribution is 7.73. The molecule has 1 fully saturated rings. The molecule has 0 aliphatic heterocycles. The summed E-state index contributed by atoms with van der Waals surface area (Å²) in [5.74, 6) is 0. The van der Waals surface area contributed by atoms with Gasteiger partial charge in [-0.05, 0) is 43.7 Å². The second kappa shape index (κ2) is 6.37. The lowest BCUT2D eigenvalue weighted by Gasteiger charge is -2.33. The fourth-order valence-corrected chi connectivity index (χ4v) is 4.56. The summed E-state index contributed by atoms with van der Waals surface area (Å²) in [6.07, 6.45) is 6.88. The highest BCUT2D eigenvalue weighted by atomic mass is 32.1. The summed E-state index contributed by atoms with van der Waals surface area (Å²) in [6.45, 7) is 4.33. The van der Waals surface area contributed by atoms with Crippen molar-refractivity contribution < 1.29 is 0 Å². The largest absolute Gasteiger partial charge is 0.309 e. The molecule has 1 aliphatic rings. The van der Waals surface area contributed by atoms with E-state index in [0.717, 1.165) is 23.2 Å². The Morgan fingerprint density at radius 1 is 1.25 bits per heavy atom. The molecule has 1 saturated carbocycles. The lowest BCUT2D eigenvalue weighted by atomic mass is 9.94. The summed E-state index contributed by atoms with van der Waals surface area (Å²) in [5, 5.41) is 0. The first-order valence-corrected chi connectivity index (χ1v) is 8.84. The number of fused-ring (bicyclic) bond motifs is 1. The molecule has 108 valence electrons. The predicted molar refractivity (Wildman–Crippen MR) is 89.9 cm³/mol. The number of thiazole rings is 1. The molecule has 0 atom stereocenters. The molecule has 20 heavy (non-hydrogen) atoms. The molecule has 0 amide bonds. The van der Waals surface area contributed by atoms with E-state index >= 15 is 0 Å². The van der Waals surface area contributed by atoms with E-state index in [2.05, 4.69) is 40.7 Å². The van der Waals surface area contributed by atoms with E-state index in [1.54, 1.807) is 11.3 Å². The topological polar surface area (TPSA) is 8.17 Å². The number of benzene rings is 1. The van der Waals surface area contributed by atoms with Gasteiger partial charge in [-0.2, -0.15) is 0 Å². The van der Waals surface area contributed by atoms with E-state index in [-0.39, 0.29) is 0 Å². The molecular formula is C16H22N2S2. The average molecular weight is 307 g/mol. The first-order chi connectivity index (χ1) is 9.79. The van der Waals surface area contributed by atoms with Crippen molar-refractivity contribution in [3.63, 3.8) is 0 Å². The van der Waals surface area contributed by atoms with Gasteiger partial charge in [0.25, 0.3) is 0 Å². The van der Waals surface area contributed by atoms with Crippen LogP contribution in [0.15, 0.2) is 24.3 Å². The minimum atomic E-state index is 0.745. The molecule has 1 aromatic carbocycles. The summed E-state index contributed by atoms with van der Waals surface area (Å²) in [5.41, 5.74) is 1.29. The monoisotopic (exact) mass is 306 g/mol. The van der Waals surface area contributed by atoms with Gasteiger partial charge in [-0.15, -0.1) is 11.3 Å². The Hall–Kier alpha value is -0.710. The third-order valence-electron chi connectivity index (χ3n) is 4.39. The fraction of sp³-hybridized carbons (Fsp3) is 0.562. The number of hydrogen-bond donors (Lipinski definition) is 0. The van der Waals surface area contributed by atoms with Crippen molar-refractivity contribution in [1.82, 2.24) is 9.47 Å². The molecule has 1 aromatic heterocycles. The smallest absolute Gasteiger partial charge is 0.163 e. The number of rotatable bonds is 4. The Morgan fingerprint density at radius 3 is 2.75 bits per heavy atom. The van der Waals surface area contributed by atoms with Crippen LogP contribution in [0.5, 0.6) is 0 Å². The summed E-state index contributed by atoms with van der Waals surface area (Å²) in [7, 11) is 0. The molecule has 2 aromatic rings. The van der Waals surface area contributed by atoms with Gasteiger partial charge in [0, 0.05) is 6.04 Å². The lowest BCUT2D eigenvalue weighted by Crippen LogP contribution is -2.37. The third kappa shape index (κ3) is 2.83. The molecule has 0 spiro atoms. The Kier molecular flexibility index (Phi) is 4.54. The van der Waals surface area contributed by atoms with Crippen molar-refractivity contribution in [2.75, 3.05) is 6.54 Å².